The Morgan fingerprint density at radius 2 is 1.95 bits per heavy atom. The van der Waals surface area contributed by atoms with Crippen LogP contribution in [0.15, 0.2) is 30.5 Å². The first-order valence-electron chi connectivity index (χ1n) is 5.83. The quantitative estimate of drug-likeness (QED) is 0.939. The van der Waals surface area contributed by atoms with Crippen LogP contribution in [0.25, 0.3) is 0 Å². The molecule has 0 atom stereocenters. The van der Waals surface area contributed by atoms with Crippen molar-refractivity contribution in [2.24, 2.45) is 7.05 Å². The second-order valence-electron chi connectivity index (χ2n) is 4.19. The second kappa shape index (κ2) is 5.54. The Balaban J connectivity index is 2.20. The maximum absolute atomic E-state index is 12.9. The van der Waals surface area contributed by atoms with Crippen LogP contribution < -0.4 is 4.74 Å². The van der Waals surface area contributed by atoms with Crippen molar-refractivity contribution in [2.75, 3.05) is 0 Å². The molecule has 1 heterocycles. The van der Waals surface area contributed by atoms with E-state index in [1.165, 1.54) is 7.05 Å². The highest BCUT2D eigenvalue weighted by atomic mass is 19.4. The Bertz CT molecular complexity index is 594. The van der Waals surface area contributed by atoms with E-state index in [9.17, 15) is 13.2 Å². The third-order valence-electron chi connectivity index (χ3n) is 2.81. The molecule has 0 saturated heterocycles. The van der Waals surface area contributed by atoms with Crippen molar-refractivity contribution in [2.45, 2.75) is 19.4 Å². The molecular weight excluding hydrogens is 273 g/mol. The largest absolute Gasteiger partial charge is 0.488 e. The van der Waals surface area contributed by atoms with Gasteiger partial charge in [0.25, 0.3) is 0 Å². The van der Waals surface area contributed by atoms with Crippen molar-refractivity contribution in [1.29, 1.82) is 0 Å². The zero-order chi connectivity index (χ0) is 14.8. The number of aromatic nitrogens is 2. The molecule has 7 heteroatoms. The third-order valence-corrected chi connectivity index (χ3v) is 2.81. The van der Waals surface area contributed by atoms with Crippen molar-refractivity contribution in [3.8, 4) is 5.75 Å². The summed E-state index contributed by atoms with van der Waals surface area (Å²) in [7, 11) is 1.23. The van der Waals surface area contributed by atoms with E-state index in [1.54, 1.807) is 24.3 Å². The average molecular weight is 286 g/mol. The summed E-state index contributed by atoms with van der Waals surface area (Å²) >= 11 is 0. The van der Waals surface area contributed by atoms with Crippen molar-refractivity contribution in [3.63, 3.8) is 0 Å². The minimum absolute atomic E-state index is 0.0484. The Labute approximate surface area is 113 Å². The Hall–Kier alpha value is -2.02. The highest BCUT2D eigenvalue weighted by Crippen LogP contribution is 2.32. The maximum atomic E-state index is 12.9. The number of rotatable bonds is 4. The van der Waals surface area contributed by atoms with Gasteiger partial charge < -0.3 is 9.84 Å². The van der Waals surface area contributed by atoms with Gasteiger partial charge in [-0.1, -0.05) is 18.2 Å². The molecule has 4 nitrogen and oxygen atoms in total. The predicted molar refractivity (Wildman–Crippen MR) is 64.9 cm³/mol. The van der Waals surface area contributed by atoms with Crippen LogP contribution in [-0.2, 0) is 26.4 Å². The molecule has 2 aromatic rings. The molecule has 1 aromatic heterocycles. The smallest absolute Gasteiger partial charge is 0.433 e. The topological polar surface area (TPSA) is 47.3 Å². The van der Waals surface area contributed by atoms with Gasteiger partial charge in [-0.05, 0) is 6.07 Å². The van der Waals surface area contributed by atoms with E-state index >= 15 is 0 Å². The summed E-state index contributed by atoms with van der Waals surface area (Å²) in [6.07, 6.45) is -3.36. The lowest BCUT2D eigenvalue weighted by atomic mass is 10.2. The van der Waals surface area contributed by atoms with Crippen molar-refractivity contribution in [3.05, 3.63) is 47.3 Å². The van der Waals surface area contributed by atoms with E-state index in [4.69, 9.17) is 9.84 Å². The molecule has 1 N–H and O–H groups in total. The van der Waals surface area contributed by atoms with Gasteiger partial charge in [0, 0.05) is 18.2 Å². The van der Waals surface area contributed by atoms with Gasteiger partial charge in [-0.15, -0.1) is 0 Å². The molecule has 0 aliphatic heterocycles. The standard InChI is InChI=1S/C13H13F3N2O2/c1-18-12(13(14,15)16)10(6-17-18)8-20-11-5-3-2-4-9(11)7-19/h2-6,19H,7-8H2,1H3. The molecule has 20 heavy (non-hydrogen) atoms. The van der Waals surface area contributed by atoms with E-state index in [2.05, 4.69) is 5.10 Å². The van der Waals surface area contributed by atoms with Gasteiger partial charge in [-0.3, -0.25) is 4.68 Å². The molecule has 0 bridgehead atoms. The fraction of sp³-hybridized carbons (Fsp3) is 0.308. The third kappa shape index (κ3) is 2.93. The number of halogens is 3. The second-order valence-corrected chi connectivity index (χ2v) is 4.19. The van der Waals surface area contributed by atoms with Gasteiger partial charge in [0.2, 0.25) is 0 Å². The van der Waals surface area contributed by atoms with Gasteiger partial charge in [0.05, 0.1) is 12.8 Å². The average Bonchev–Trinajstić information content (AvgIpc) is 2.77. The summed E-state index contributed by atoms with van der Waals surface area (Å²) < 4.78 is 44.7. The van der Waals surface area contributed by atoms with Crippen LogP contribution in [0, 0.1) is 0 Å². The molecule has 108 valence electrons. The molecule has 1 aromatic carbocycles. The fourth-order valence-electron chi connectivity index (χ4n) is 1.88. The first-order chi connectivity index (χ1) is 9.43. The molecular formula is C13H13F3N2O2. The Morgan fingerprint density at radius 1 is 1.25 bits per heavy atom. The zero-order valence-corrected chi connectivity index (χ0v) is 10.7. The molecule has 0 saturated carbocycles. The number of hydrogen-bond acceptors (Lipinski definition) is 3. The zero-order valence-electron chi connectivity index (χ0n) is 10.7. The summed E-state index contributed by atoms with van der Waals surface area (Å²) in [5.41, 5.74) is -0.364. The van der Waals surface area contributed by atoms with Crippen molar-refractivity contribution >= 4 is 0 Å². The summed E-state index contributed by atoms with van der Waals surface area (Å²) in [6, 6.07) is 6.63. The van der Waals surface area contributed by atoms with Crippen LogP contribution in [0.5, 0.6) is 5.75 Å². The summed E-state index contributed by atoms with van der Waals surface area (Å²) in [5.74, 6) is 0.354. The summed E-state index contributed by atoms with van der Waals surface area (Å²) in [5, 5.41) is 12.7. The fourth-order valence-corrected chi connectivity index (χ4v) is 1.88. The van der Waals surface area contributed by atoms with Gasteiger partial charge in [-0.2, -0.15) is 18.3 Å². The van der Waals surface area contributed by atoms with Crippen LogP contribution in [0.1, 0.15) is 16.8 Å². The minimum atomic E-state index is -4.49. The number of alkyl halides is 3. The summed E-state index contributed by atoms with van der Waals surface area (Å²) in [6.45, 7) is -0.505. The van der Waals surface area contributed by atoms with E-state index in [0.717, 1.165) is 10.9 Å². The van der Waals surface area contributed by atoms with Crippen molar-refractivity contribution in [1.82, 2.24) is 9.78 Å². The number of aryl methyl sites for hydroxylation is 1. The lowest BCUT2D eigenvalue weighted by Crippen LogP contribution is -2.15. The maximum Gasteiger partial charge on any atom is 0.433 e. The molecule has 0 aliphatic rings. The highest BCUT2D eigenvalue weighted by molar-refractivity contribution is 5.33. The molecule has 0 aliphatic carbocycles. The SMILES string of the molecule is Cn1ncc(COc2ccccc2CO)c1C(F)(F)F. The Morgan fingerprint density at radius 3 is 2.60 bits per heavy atom. The Kier molecular flexibility index (Phi) is 3.99. The van der Waals surface area contributed by atoms with E-state index in [1.807, 2.05) is 0 Å². The van der Waals surface area contributed by atoms with Crippen LogP contribution in [0.4, 0.5) is 13.2 Å². The molecule has 0 spiro atoms. The number of para-hydroxylation sites is 1. The van der Waals surface area contributed by atoms with Gasteiger partial charge in [0.15, 0.2) is 0 Å². The number of hydrogen-bond donors (Lipinski definition) is 1. The highest BCUT2D eigenvalue weighted by Gasteiger charge is 2.37. The van der Waals surface area contributed by atoms with E-state index in [0.29, 0.717) is 11.3 Å². The first kappa shape index (κ1) is 14.4. The van der Waals surface area contributed by atoms with Crippen molar-refractivity contribution < 1.29 is 23.0 Å². The van der Waals surface area contributed by atoms with Crippen LogP contribution in [-0.4, -0.2) is 14.9 Å². The van der Waals surface area contributed by atoms with Gasteiger partial charge in [0.1, 0.15) is 18.1 Å². The molecule has 0 radical (unpaired) electrons. The number of nitrogens with zero attached hydrogens (tertiary/aromatic N) is 2. The normalized spacial score (nSPS) is 11.7. The van der Waals surface area contributed by atoms with E-state index in [-0.39, 0.29) is 18.8 Å². The lowest BCUT2D eigenvalue weighted by Gasteiger charge is -2.12. The lowest BCUT2D eigenvalue weighted by molar-refractivity contribution is -0.144. The van der Waals surface area contributed by atoms with Gasteiger partial charge >= 0.3 is 6.18 Å². The predicted octanol–water partition coefficient (Wildman–Crippen LogP) is 2.51. The monoisotopic (exact) mass is 286 g/mol. The first-order valence-corrected chi connectivity index (χ1v) is 5.83. The minimum Gasteiger partial charge on any atom is -0.488 e. The van der Waals surface area contributed by atoms with Crippen LogP contribution in [0.2, 0.25) is 0 Å². The molecule has 0 amide bonds. The number of aliphatic hydroxyl groups excluding tert-OH is 1. The van der Waals surface area contributed by atoms with Crippen LogP contribution in [0.3, 0.4) is 0 Å². The van der Waals surface area contributed by atoms with Gasteiger partial charge in [-0.25, -0.2) is 0 Å². The molecule has 0 unspecified atom stereocenters. The van der Waals surface area contributed by atoms with E-state index < -0.39 is 11.9 Å². The number of aliphatic hydroxyl groups is 1. The number of benzene rings is 1. The number of ether oxygens (including phenoxy) is 1. The van der Waals surface area contributed by atoms with Crippen LogP contribution >= 0.6 is 0 Å². The molecule has 2 rings (SSSR count). The molecule has 0 fully saturated rings. The summed E-state index contributed by atoms with van der Waals surface area (Å²) in [4.78, 5) is 0.